The highest BCUT2D eigenvalue weighted by Gasteiger charge is 2.35. The monoisotopic (exact) mass is 504 g/mol. The molecule has 0 saturated heterocycles. The van der Waals surface area contributed by atoms with Gasteiger partial charge in [0.05, 0.1) is 4.92 Å². The second-order valence-corrected chi connectivity index (χ2v) is 8.98. The quantitative estimate of drug-likeness (QED) is 0.161. The van der Waals surface area contributed by atoms with E-state index in [2.05, 4.69) is 16.0 Å². The summed E-state index contributed by atoms with van der Waals surface area (Å²) in [6.07, 6.45) is -0.351. The molecule has 0 aliphatic carbocycles. The molecule has 12 heteroatoms. The summed E-state index contributed by atoms with van der Waals surface area (Å²) >= 11 is 23.0. The molecule has 0 fully saturated rings. The summed E-state index contributed by atoms with van der Waals surface area (Å²) in [6.45, 7) is 1.71. The maximum Gasteiger partial charge on any atom is 0.292 e. The molecule has 0 saturated carbocycles. The van der Waals surface area contributed by atoms with E-state index in [9.17, 15) is 14.9 Å². The topological polar surface area (TPSA) is 106 Å². The second-order valence-electron chi connectivity index (χ2n) is 6.20. The van der Waals surface area contributed by atoms with Crippen molar-refractivity contribution in [3.05, 3.63) is 64.2 Å². The fraction of sp³-hybridized carbons (Fsp3) is 0.263. The van der Waals surface area contributed by atoms with Crippen molar-refractivity contribution in [3.8, 4) is 5.75 Å². The summed E-state index contributed by atoms with van der Waals surface area (Å²) in [5.74, 6) is -0.0591. The standard InChI is InChI=1S/C19H19Cl3N4O4S/c1-2-12-7-9-13(10-8-12)30-11-16(27)24-17(19(20,21)22)25-18(31)23-14-5-3-4-6-15(14)26(28)29/h3-10,17H,2,11H2,1H3,(H,24,27)(H2,23,25,31). The number of nitro benzene ring substituents is 1. The predicted octanol–water partition coefficient (Wildman–Crippen LogP) is 4.34. The van der Waals surface area contributed by atoms with Crippen molar-refractivity contribution >= 4 is 69.4 Å². The minimum absolute atomic E-state index is 0.0954. The van der Waals surface area contributed by atoms with Crippen LogP contribution in [0.1, 0.15) is 12.5 Å². The highest BCUT2D eigenvalue weighted by molar-refractivity contribution is 7.80. The third-order valence-electron chi connectivity index (χ3n) is 3.96. The number of nitrogens with one attached hydrogen (secondary N) is 3. The number of hydrogen-bond donors (Lipinski definition) is 3. The molecule has 1 amide bonds. The Balaban J connectivity index is 1.97. The number of benzene rings is 2. The summed E-state index contributed by atoms with van der Waals surface area (Å²) in [4.78, 5) is 22.8. The largest absolute Gasteiger partial charge is 0.484 e. The van der Waals surface area contributed by atoms with Crippen LogP contribution in [-0.2, 0) is 11.2 Å². The number of anilines is 1. The Kier molecular flexibility index (Phi) is 9.12. The molecule has 1 unspecified atom stereocenters. The maximum atomic E-state index is 12.3. The SMILES string of the molecule is CCc1ccc(OCC(=O)NC(NC(=S)Nc2ccccc2[N+](=O)[O-])C(Cl)(Cl)Cl)cc1. The van der Waals surface area contributed by atoms with E-state index in [0.29, 0.717) is 5.75 Å². The number of alkyl halides is 3. The van der Waals surface area contributed by atoms with E-state index in [1.807, 2.05) is 19.1 Å². The van der Waals surface area contributed by atoms with Crippen molar-refractivity contribution in [2.75, 3.05) is 11.9 Å². The Hall–Kier alpha value is -2.33. The van der Waals surface area contributed by atoms with Gasteiger partial charge in [0.1, 0.15) is 17.6 Å². The Morgan fingerprint density at radius 1 is 1.16 bits per heavy atom. The molecule has 2 aromatic carbocycles. The van der Waals surface area contributed by atoms with Crippen molar-refractivity contribution in [3.63, 3.8) is 0 Å². The van der Waals surface area contributed by atoms with Crippen LogP contribution in [0.5, 0.6) is 5.75 Å². The van der Waals surface area contributed by atoms with Gasteiger partial charge in [-0.2, -0.15) is 0 Å². The van der Waals surface area contributed by atoms with Crippen molar-refractivity contribution in [2.24, 2.45) is 0 Å². The van der Waals surface area contributed by atoms with E-state index in [0.717, 1.165) is 12.0 Å². The van der Waals surface area contributed by atoms with Crippen LogP contribution in [0.4, 0.5) is 11.4 Å². The van der Waals surface area contributed by atoms with Gasteiger partial charge in [-0.1, -0.05) is 66.0 Å². The average molecular weight is 506 g/mol. The van der Waals surface area contributed by atoms with Crippen LogP contribution in [0, 0.1) is 10.1 Å². The number of rotatable bonds is 8. The van der Waals surface area contributed by atoms with Gasteiger partial charge in [0.15, 0.2) is 11.7 Å². The Labute approximate surface area is 199 Å². The van der Waals surface area contributed by atoms with Gasteiger partial charge in [-0.05, 0) is 42.4 Å². The van der Waals surface area contributed by atoms with E-state index in [1.165, 1.54) is 18.2 Å². The van der Waals surface area contributed by atoms with Crippen molar-refractivity contribution in [2.45, 2.75) is 23.3 Å². The Bertz CT molecular complexity index is 938. The molecule has 1 atom stereocenters. The lowest BCUT2D eigenvalue weighted by Gasteiger charge is -2.27. The summed E-state index contributed by atoms with van der Waals surface area (Å²) in [6, 6.07) is 13.2. The van der Waals surface area contributed by atoms with E-state index in [-0.39, 0.29) is 23.1 Å². The van der Waals surface area contributed by atoms with Crippen LogP contribution >= 0.6 is 47.0 Å². The first-order valence-electron chi connectivity index (χ1n) is 8.99. The Morgan fingerprint density at radius 3 is 2.39 bits per heavy atom. The van der Waals surface area contributed by atoms with E-state index >= 15 is 0 Å². The summed E-state index contributed by atoms with van der Waals surface area (Å²) in [5, 5.41) is 18.8. The highest BCUT2D eigenvalue weighted by Crippen LogP contribution is 2.29. The molecule has 3 N–H and O–H groups in total. The molecule has 0 aliphatic heterocycles. The molecule has 2 rings (SSSR count). The lowest BCUT2D eigenvalue weighted by Crippen LogP contribution is -2.57. The van der Waals surface area contributed by atoms with E-state index in [1.54, 1.807) is 18.2 Å². The number of carbonyl (C=O) groups excluding carboxylic acids is 1. The highest BCUT2D eigenvalue weighted by atomic mass is 35.6. The molecule has 166 valence electrons. The molecule has 0 spiro atoms. The molecule has 0 bridgehead atoms. The van der Waals surface area contributed by atoms with Gasteiger partial charge in [-0.15, -0.1) is 0 Å². The fourth-order valence-corrected chi connectivity index (χ4v) is 2.96. The van der Waals surface area contributed by atoms with Crippen LogP contribution in [-0.4, -0.2) is 32.5 Å². The number of hydrogen-bond acceptors (Lipinski definition) is 5. The first-order valence-corrected chi connectivity index (χ1v) is 10.5. The number of para-hydroxylation sites is 2. The second kappa shape index (κ2) is 11.3. The number of halogens is 3. The maximum absolute atomic E-state index is 12.3. The van der Waals surface area contributed by atoms with Crippen molar-refractivity contribution < 1.29 is 14.5 Å². The van der Waals surface area contributed by atoms with Gasteiger partial charge in [0.25, 0.3) is 11.6 Å². The summed E-state index contributed by atoms with van der Waals surface area (Å²) < 4.78 is 3.45. The lowest BCUT2D eigenvalue weighted by molar-refractivity contribution is -0.383. The minimum Gasteiger partial charge on any atom is -0.484 e. The zero-order valence-corrected chi connectivity index (χ0v) is 19.3. The van der Waals surface area contributed by atoms with Crippen LogP contribution in [0.15, 0.2) is 48.5 Å². The number of aryl methyl sites for hydroxylation is 1. The zero-order chi connectivity index (χ0) is 23.0. The van der Waals surface area contributed by atoms with Gasteiger partial charge in [0, 0.05) is 6.07 Å². The van der Waals surface area contributed by atoms with E-state index < -0.39 is 20.8 Å². The lowest BCUT2D eigenvalue weighted by atomic mass is 10.2. The van der Waals surface area contributed by atoms with Gasteiger partial charge >= 0.3 is 0 Å². The first-order chi connectivity index (χ1) is 14.6. The third-order valence-corrected chi connectivity index (χ3v) is 4.83. The Morgan fingerprint density at radius 2 is 1.81 bits per heavy atom. The summed E-state index contributed by atoms with van der Waals surface area (Å²) in [7, 11) is 0. The van der Waals surface area contributed by atoms with Gasteiger partial charge in [0.2, 0.25) is 3.79 Å². The van der Waals surface area contributed by atoms with Crippen molar-refractivity contribution in [1.82, 2.24) is 10.6 Å². The number of carbonyl (C=O) groups is 1. The molecule has 2 aromatic rings. The van der Waals surface area contributed by atoms with Crippen LogP contribution in [0.3, 0.4) is 0 Å². The fourth-order valence-electron chi connectivity index (χ4n) is 2.40. The zero-order valence-electron chi connectivity index (χ0n) is 16.2. The molecule has 0 aliphatic rings. The number of nitro groups is 1. The number of ether oxygens (including phenoxy) is 1. The van der Waals surface area contributed by atoms with Gasteiger partial charge in [-0.3, -0.25) is 14.9 Å². The molecular weight excluding hydrogens is 487 g/mol. The molecule has 8 nitrogen and oxygen atoms in total. The number of amides is 1. The van der Waals surface area contributed by atoms with E-state index in [4.69, 9.17) is 51.8 Å². The summed E-state index contributed by atoms with van der Waals surface area (Å²) in [5.41, 5.74) is 1.08. The smallest absolute Gasteiger partial charge is 0.292 e. The predicted molar refractivity (Wildman–Crippen MR) is 126 cm³/mol. The molecule has 0 radical (unpaired) electrons. The van der Waals surface area contributed by atoms with Crippen LogP contribution in [0.2, 0.25) is 0 Å². The molecular formula is C19H19Cl3N4O4S. The third kappa shape index (κ3) is 8.02. The number of nitrogens with zero attached hydrogens (tertiary/aromatic N) is 1. The molecule has 31 heavy (non-hydrogen) atoms. The van der Waals surface area contributed by atoms with Gasteiger partial charge < -0.3 is 20.7 Å². The minimum atomic E-state index is -1.98. The molecule has 0 aromatic heterocycles. The number of thiocarbonyl (C=S) groups is 1. The van der Waals surface area contributed by atoms with Gasteiger partial charge in [-0.25, -0.2) is 0 Å². The molecule has 0 heterocycles. The van der Waals surface area contributed by atoms with Crippen molar-refractivity contribution in [1.29, 1.82) is 0 Å². The normalized spacial score (nSPS) is 11.9. The average Bonchev–Trinajstić information content (AvgIpc) is 2.71. The first kappa shape index (κ1) is 24.9. The van der Waals surface area contributed by atoms with Crippen LogP contribution < -0.4 is 20.7 Å². The van der Waals surface area contributed by atoms with Crippen LogP contribution in [0.25, 0.3) is 0 Å².